The summed E-state index contributed by atoms with van der Waals surface area (Å²) in [5.41, 5.74) is 3.19. The van der Waals surface area contributed by atoms with Crippen LogP contribution in [-0.4, -0.2) is 41.8 Å². The van der Waals surface area contributed by atoms with Crippen molar-refractivity contribution >= 4 is 18.0 Å². The van der Waals surface area contributed by atoms with Crippen LogP contribution in [-0.2, 0) is 14.3 Å². The molecular formula is C23H24N2O5. The summed E-state index contributed by atoms with van der Waals surface area (Å²) >= 11 is 0. The van der Waals surface area contributed by atoms with E-state index in [-0.39, 0.29) is 19.1 Å². The Labute approximate surface area is 174 Å². The van der Waals surface area contributed by atoms with E-state index in [1.807, 2.05) is 36.4 Å². The number of rotatable bonds is 7. The summed E-state index contributed by atoms with van der Waals surface area (Å²) < 4.78 is 5.40. The van der Waals surface area contributed by atoms with E-state index in [1.165, 1.54) is 26.0 Å². The second-order valence-corrected chi connectivity index (χ2v) is 7.53. The lowest BCUT2D eigenvalue weighted by Crippen LogP contribution is -2.49. The standard InChI is InChI=1S/C23H24N2O5/c1-23(2,21(27)28)25-20(26)12-7-13-24-22(29)30-14-19-17-10-5-3-8-15(17)16-9-4-6-11-18(16)19/h3-12,19H,13-14H2,1-2H3,(H,24,29)(H,25,26)(H,27,28)/b12-7+. The Kier molecular flexibility index (Phi) is 6.20. The van der Waals surface area contributed by atoms with Crippen LogP contribution in [0, 0.1) is 0 Å². The summed E-state index contributed by atoms with van der Waals surface area (Å²) in [6.07, 6.45) is 2.01. The van der Waals surface area contributed by atoms with Crippen LogP contribution in [0.2, 0.25) is 0 Å². The molecular weight excluding hydrogens is 384 g/mol. The van der Waals surface area contributed by atoms with Crippen molar-refractivity contribution in [2.75, 3.05) is 13.2 Å². The van der Waals surface area contributed by atoms with Crippen molar-refractivity contribution in [3.63, 3.8) is 0 Å². The normalized spacial score (nSPS) is 12.9. The van der Waals surface area contributed by atoms with E-state index in [2.05, 4.69) is 22.8 Å². The average Bonchev–Trinajstić information content (AvgIpc) is 3.03. The molecule has 0 heterocycles. The second-order valence-electron chi connectivity index (χ2n) is 7.53. The average molecular weight is 408 g/mol. The molecule has 0 bridgehead atoms. The van der Waals surface area contributed by atoms with Gasteiger partial charge in [-0.05, 0) is 36.1 Å². The SMILES string of the molecule is CC(C)(NC(=O)/C=C/CNC(=O)OCC1c2ccccc2-c2ccccc21)C(=O)O. The van der Waals surface area contributed by atoms with Gasteiger partial charge in [0.2, 0.25) is 5.91 Å². The van der Waals surface area contributed by atoms with Crippen molar-refractivity contribution < 1.29 is 24.2 Å². The lowest BCUT2D eigenvalue weighted by atomic mass is 9.98. The highest BCUT2D eigenvalue weighted by Gasteiger charge is 2.29. The van der Waals surface area contributed by atoms with Gasteiger partial charge in [-0.25, -0.2) is 9.59 Å². The second kappa shape index (κ2) is 8.82. The molecule has 0 saturated carbocycles. The fourth-order valence-electron chi connectivity index (χ4n) is 3.36. The Hall–Kier alpha value is -3.61. The highest BCUT2D eigenvalue weighted by atomic mass is 16.5. The number of aliphatic carboxylic acids is 1. The van der Waals surface area contributed by atoms with E-state index in [1.54, 1.807) is 0 Å². The number of fused-ring (bicyclic) bond motifs is 3. The molecule has 0 saturated heterocycles. The van der Waals surface area contributed by atoms with Crippen molar-refractivity contribution in [2.45, 2.75) is 25.3 Å². The van der Waals surface area contributed by atoms with Crippen molar-refractivity contribution in [3.05, 3.63) is 71.8 Å². The number of carbonyl (C=O) groups is 3. The van der Waals surface area contributed by atoms with Crippen LogP contribution in [0.4, 0.5) is 4.79 Å². The Morgan fingerprint density at radius 1 is 1.03 bits per heavy atom. The minimum atomic E-state index is -1.37. The summed E-state index contributed by atoms with van der Waals surface area (Å²) in [4.78, 5) is 34.8. The highest BCUT2D eigenvalue weighted by Crippen LogP contribution is 2.44. The topological polar surface area (TPSA) is 105 Å². The Morgan fingerprint density at radius 3 is 2.17 bits per heavy atom. The first-order chi connectivity index (χ1) is 14.3. The number of ether oxygens (including phenoxy) is 1. The molecule has 30 heavy (non-hydrogen) atoms. The van der Waals surface area contributed by atoms with Crippen molar-refractivity contribution in [1.82, 2.24) is 10.6 Å². The fraction of sp³-hybridized carbons (Fsp3) is 0.261. The van der Waals surface area contributed by atoms with E-state index in [0.717, 1.165) is 22.3 Å². The first-order valence-corrected chi connectivity index (χ1v) is 9.60. The van der Waals surface area contributed by atoms with Crippen molar-refractivity contribution in [2.24, 2.45) is 0 Å². The first-order valence-electron chi connectivity index (χ1n) is 9.60. The Morgan fingerprint density at radius 2 is 1.60 bits per heavy atom. The third-order valence-electron chi connectivity index (χ3n) is 4.95. The van der Waals surface area contributed by atoms with Crippen LogP contribution in [0.3, 0.4) is 0 Å². The zero-order valence-electron chi connectivity index (χ0n) is 16.8. The largest absolute Gasteiger partial charge is 0.480 e. The van der Waals surface area contributed by atoms with Crippen molar-refractivity contribution in [1.29, 1.82) is 0 Å². The summed E-state index contributed by atoms with van der Waals surface area (Å²) in [6, 6.07) is 16.1. The van der Waals surface area contributed by atoms with Gasteiger partial charge < -0.3 is 20.5 Å². The molecule has 156 valence electrons. The quantitative estimate of drug-likeness (QED) is 0.611. The van der Waals surface area contributed by atoms with Gasteiger partial charge in [0, 0.05) is 18.5 Å². The van der Waals surface area contributed by atoms with Crippen LogP contribution < -0.4 is 10.6 Å². The van der Waals surface area contributed by atoms with Gasteiger partial charge in [-0.1, -0.05) is 54.6 Å². The molecule has 2 aromatic rings. The molecule has 0 spiro atoms. The number of alkyl carbamates (subject to hydrolysis) is 1. The minimum absolute atomic E-state index is 0.0253. The first kappa shape index (κ1) is 21.1. The van der Waals surface area contributed by atoms with Gasteiger partial charge in [0.1, 0.15) is 12.1 Å². The minimum Gasteiger partial charge on any atom is -0.480 e. The third kappa shape index (κ3) is 4.68. The molecule has 0 aromatic heterocycles. The van der Waals surface area contributed by atoms with Crippen molar-refractivity contribution in [3.8, 4) is 11.1 Å². The summed E-state index contributed by atoms with van der Waals surface area (Å²) in [7, 11) is 0. The molecule has 2 aromatic carbocycles. The number of amides is 2. The van der Waals surface area contributed by atoms with E-state index < -0.39 is 23.5 Å². The fourth-order valence-corrected chi connectivity index (χ4v) is 3.36. The molecule has 1 aliphatic rings. The molecule has 7 heteroatoms. The van der Waals surface area contributed by atoms with Crippen LogP contribution in [0.1, 0.15) is 30.9 Å². The molecule has 0 aliphatic heterocycles. The molecule has 0 radical (unpaired) electrons. The third-order valence-corrected chi connectivity index (χ3v) is 4.95. The van der Waals surface area contributed by atoms with Gasteiger partial charge in [-0.15, -0.1) is 0 Å². The van der Waals surface area contributed by atoms with Gasteiger partial charge in [0.05, 0.1) is 0 Å². The van der Waals surface area contributed by atoms with Gasteiger partial charge in [-0.2, -0.15) is 0 Å². The molecule has 7 nitrogen and oxygen atoms in total. The molecule has 3 N–H and O–H groups in total. The monoisotopic (exact) mass is 408 g/mol. The van der Waals surface area contributed by atoms with Crippen LogP contribution in [0.15, 0.2) is 60.7 Å². The zero-order chi connectivity index (χ0) is 21.7. The van der Waals surface area contributed by atoms with Crippen LogP contribution in [0.5, 0.6) is 0 Å². The Bertz CT molecular complexity index is 951. The summed E-state index contributed by atoms with van der Waals surface area (Å²) in [5, 5.41) is 13.9. The molecule has 3 rings (SSSR count). The number of benzene rings is 2. The lowest BCUT2D eigenvalue weighted by molar-refractivity contribution is -0.145. The number of carboxylic acids is 1. The molecule has 1 aliphatic carbocycles. The summed E-state index contributed by atoms with van der Waals surface area (Å²) in [6.45, 7) is 3.06. The zero-order valence-corrected chi connectivity index (χ0v) is 16.8. The van der Waals surface area contributed by atoms with E-state index in [9.17, 15) is 14.4 Å². The number of nitrogens with one attached hydrogen (secondary N) is 2. The van der Waals surface area contributed by atoms with Gasteiger partial charge in [0.15, 0.2) is 0 Å². The Balaban J connectivity index is 1.50. The molecule has 0 atom stereocenters. The van der Waals surface area contributed by atoms with E-state index in [0.29, 0.717) is 0 Å². The van der Waals surface area contributed by atoms with Crippen LogP contribution in [0.25, 0.3) is 11.1 Å². The number of hydrogen-bond donors (Lipinski definition) is 3. The maximum atomic E-state index is 12.0. The molecule has 0 unspecified atom stereocenters. The highest BCUT2D eigenvalue weighted by molar-refractivity contribution is 5.92. The van der Waals surface area contributed by atoms with Gasteiger partial charge in [-0.3, -0.25) is 4.79 Å². The predicted octanol–water partition coefficient (Wildman–Crippen LogP) is 3.06. The summed E-state index contributed by atoms with van der Waals surface area (Å²) in [5.74, 6) is -1.72. The van der Waals surface area contributed by atoms with Gasteiger partial charge >= 0.3 is 12.1 Å². The van der Waals surface area contributed by atoms with Gasteiger partial charge in [0.25, 0.3) is 0 Å². The molecule has 2 amide bonds. The lowest BCUT2D eigenvalue weighted by Gasteiger charge is -2.19. The maximum absolute atomic E-state index is 12.0. The van der Waals surface area contributed by atoms with E-state index in [4.69, 9.17) is 9.84 Å². The maximum Gasteiger partial charge on any atom is 0.407 e. The number of carboxylic acid groups (broad SMARTS) is 1. The smallest absolute Gasteiger partial charge is 0.407 e. The number of hydrogen-bond acceptors (Lipinski definition) is 4. The number of carbonyl (C=O) groups excluding carboxylic acids is 2. The predicted molar refractivity (Wildman–Crippen MR) is 112 cm³/mol. The molecule has 0 fully saturated rings. The van der Waals surface area contributed by atoms with E-state index >= 15 is 0 Å². The van der Waals surface area contributed by atoms with Crippen LogP contribution >= 0.6 is 0 Å².